The minimum atomic E-state index is -5.41. The van der Waals surface area contributed by atoms with Crippen LogP contribution < -0.4 is 10.6 Å². The lowest BCUT2D eigenvalue weighted by Crippen LogP contribution is -2.66. The molecule has 12 heteroatoms. The van der Waals surface area contributed by atoms with Gasteiger partial charge in [0.1, 0.15) is 13.2 Å². The summed E-state index contributed by atoms with van der Waals surface area (Å²) in [5, 5.41) is 3.55. The normalized spacial score (nSPS) is 14.0. The Morgan fingerprint density at radius 3 is 2.00 bits per heavy atom. The quantitative estimate of drug-likeness (QED) is 0.384. The number of rotatable bonds is 9. The Bertz CT molecular complexity index is 1140. The number of amides is 2. The number of hydrogen-bond donors (Lipinski definition) is 2. The molecular weight excluding hydrogens is 497 g/mol. The van der Waals surface area contributed by atoms with Gasteiger partial charge in [-0.15, -0.1) is 0 Å². The molecule has 0 saturated heterocycles. The Morgan fingerprint density at radius 1 is 0.919 bits per heavy atom. The van der Waals surface area contributed by atoms with Crippen LogP contribution in [0.25, 0.3) is 11.1 Å². The Hall–Kier alpha value is -4.09. The minimum absolute atomic E-state index is 0.0842. The van der Waals surface area contributed by atoms with Crippen LogP contribution in [0.15, 0.2) is 48.5 Å². The number of alkyl halides is 3. The first-order valence-corrected chi connectivity index (χ1v) is 11.2. The minimum Gasteiger partial charge on any atom is -0.469 e. The zero-order valence-electron chi connectivity index (χ0n) is 20.0. The molecule has 0 aromatic heterocycles. The number of carbonyl (C=O) groups excluding carboxylic acids is 4. The van der Waals surface area contributed by atoms with Gasteiger partial charge in [-0.3, -0.25) is 9.59 Å². The van der Waals surface area contributed by atoms with Gasteiger partial charge in [0.2, 0.25) is 11.4 Å². The molecule has 0 aliphatic heterocycles. The van der Waals surface area contributed by atoms with E-state index in [2.05, 4.69) is 14.8 Å². The summed E-state index contributed by atoms with van der Waals surface area (Å²) in [5.74, 6) is -4.96. The largest absolute Gasteiger partial charge is 0.469 e. The van der Waals surface area contributed by atoms with E-state index in [0.29, 0.717) is 0 Å². The number of nitrogens with one attached hydrogen (secondary N) is 2. The SMILES string of the molecule is CCOC(=O)C(CC(=O)OC)(NC(=O)CNC(=O)OCC1c2ccccc2-c2ccccc21)C(F)(F)F. The van der Waals surface area contributed by atoms with Gasteiger partial charge in [0.05, 0.1) is 20.1 Å². The van der Waals surface area contributed by atoms with E-state index in [-0.39, 0.29) is 12.5 Å². The Balaban J connectivity index is 1.65. The standard InChI is InChI=1S/C25H25F3N2O7/c1-3-36-22(33)24(25(26,27)28,12-21(32)35-2)30-20(31)13-29-23(34)37-14-19-17-10-6-4-8-15(17)16-9-5-7-11-18(16)19/h4-11,19H,3,12-14H2,1-2H3,(H,29,34)(H,30,31). The predicted molar refractivity (Wildman–Crippen MR) is 123 cm³/mol. The van der Waals surface area contributed by atoms with Crippen LogP contribution >= 0.6 is 0 Å². The molecule has 1 unspecified atom stereocenters. The summed E-state index contributed by atoms with van der Waals surface area (Å²) in [6.45, 7) is -0.225. The molecule has 37 heavy (non-hydrogen) atoms. The van der Waals surface area contributed by atoms with Crippen molar-refractivity contribution in [3.8, 4) is 11.1 Å². The van der Waals surface area contributed by atoms with Crippen LogP contribution in [-0.4, -0.2) is 62.5 Å². The first kappa shape index (κ1) is 27.5. The van der Waals surface area contributed by atoms with Crippen molar-refractivity contribution < 1.29 is 46.6 Å². The van der Waals surface area contributed by atoms with E-state index in [1.54, 1.807) is 0 Å². The fraction of sp³-hybridized carbons (Fsp3) is 0.360. The molecule has 1 aliphatic rings. The number of halogens is 3. The number of carbonyl (C=O) groups is 4. The van der Waals surface area contributed by atoms with E-state index >= 15 is 0 Å². The van der Waals surface area contributed by atoms with Gasteiger partial charge < -0.3 is 24.8 Å². The highest BCUT2D eigenvalue weighted by atomic mass is 19.4. The smallest absolute Gasteiger partial charge is 0.423 e. The summed E-state index contributed by atoms with van der Waals surface area (Å²) in [4.78, 5) is 48.4. The van der Waals surface area contributed by atoms with Gasteiger partial charge in [0.15, 0.2) is 0 Å². The summed E-state index contributed by atoms with van der Waals surface area (Å²) in [6, 6.07) is 15.2. The third kappa shape index (κ3) is 5.84. The van der Waals surface area contributed by atoms with Gasteiger partial charge in [0, 0.05) is 5.92 Å². The molecule has 2 aromatic carbocycles. The average molecular weight is 522 g/mol. The lowest BCUT2D eigenvalue weighted by atomic mass is 9.94. The summed E-state index contributed by atoms with van der Waals surface area (Å²) >= 11 is 0. The molecule has 198 valence electrons. The number of esters is 2. The van der Waals surface area contributed by atoms with Gasteiger partial charge in [-0.25, -0.2) is 9.59 Å². The zero-order valence-corrected chi connectivity index (χ0v) is 20.0. The van der Waals surface area contributed by atoms with E-state index in [9.17, 15) is 32.3 Å². The second kappa shape index (κ2) is 11.3. The molecule has 0 spiro atoms. The van der Waals surface area contributed by atoms with Gasteiger partial charge >= 0.3 is 24.2 Å². The summed E-state index contributed by atoms with van der Waals surface area (Å²) in [5.41, 5.74) is 0.192. The topological polar surface area (TPSA) is 120 Å². The summed E-state index contributed by atoms with van der Waals surface area (Å²) in [6.07, 6.45) is -8.02. The maximum Gasteiger partial charge on any atom is 0.423 e. The first-order valence-electron chi connectivity index (χ1n) is 11.2. The van der Waals surface area contributed by atoms with Crippen LogP contribution in [0, 0.1) is 0 Å². The molecule has 1 atom stereocenters. The molecular formula is C25H25F3N2O7. The molecule has 0 fully saturated rings. The van der Waals surface area contributed by atoms with Crippen LogP contribution in [0.1, 0.15) is 30.4 Å². The summed E-state index contributed by atoms with van der Waals surface area (Å²) < 4.78 is 55.7. The van der Waals surface area contributed by atoms with Crippen LogP contribution in [0.4, 0.5) is 18.0 Å². The fourth-order valence-electron chi connectivity index (χ4n) is 4.08. The third-order valence-corrected chi connectivity index (χ3v) is 5.83. The highest BCUT2D eigenvalue weighted by molar-refractivity contribution is 5.94. The van der Waals surface area contributed by atoms with Crippen LogP contribution in [0.5, 0.6) is 0 Å². The molecule has 0 bridgehead atoms. The van der Waals surface area contributed by atoms with Crippen molar-refractivity contribution in [1.29, 1.82) is 0 Å². The van der Waals surface area contributed by atoms with Gasteiger partial charge in [-0.1, -0.05) is 48.5 Å². The van der Waals surface area contributed by atoms with Crippen molar-refractivity contribution in [3.63, 3.8) is 0 Å². The maximum atomic E-state index is 13.9. The molecule has 0 radical (unpaired) electrons. The first-order chi connectivity index (χ1) is 17.5. The number of benzene rings is 2. The monoisotopic (exact) mass is 522 g/mol. The predicted octanol–water partition coefficient (Wildman–Crippen LogP) is 3.07. The zero-order chi connectivity index (χ0) is 27.2. The summed E-state index contributed by atoms with van der Waals surface area (Å²) in [7, 11) is 0.829. The fourth-order valence-corrected chi connectivity index (χ4v) is 4.08. The van der Waals surface area contributed by atoms with E-state index in [0.717, 1.165) is 29.4 Å². The third-order valence-electron chi connectivity index (χ3n) is 5.83. The second-order valence-electron chi connectivity index (χ2n) is 8.10. The molecule has 0 heterocycles. The van der Waals surface area contributed by atoms with Crippen molar-refractivity contribution >= 4 is 23.9 Å². The van der Waals surface area contributed by atoms with E-state index in [4.69, 9.17) is 4.74 Å². The molecule has 3 rings (SSSR count). The molecule has 2 aromatic rings. The molecule has 9 nitrogen and oxygen atoms in total. The van der Waals surface area contributed by atoms with Crippen molar-refractivity contribution in [1.82, 2.24) is 10.6 Å². The van der Waals surface area contributed by atoms with E-state index < -0.39 is 55.2 Å². The van der Waals surface area contributed by atoms with Crippen molar-refractivity contribution in [3.05, 3.63) is 59.7 Å². The molecule has 0 saturated carbocycles. The Morgan fingerprint density at radius 2 is 1.49 bits per heavy atom. The highest BCUT2D eigenvalue weighted by Gasteiger charge is 2.64. The van der Waals surface area contributed by atoms with Crippen LogP contribution in [0.2, 0.25) is 0 Å². The lowest BCUT2D eigenvalue weighted by Gasteiger charge is -2.33. The van der Waals surface area contributed by atoms with Gasteiger partial charge in [-0.2, -0.15) is 13.2 Å². The molecule has 2 N–H and O–H groups in total. The number of methoxy groups -OCH3 is 1. The average Bonchev–Trinajstić information content (AvgIpc) is 3.18. The molecule has 1 aliphatic carbocycles. The van der Waals surface area contributed by atoms with Gasteiger partial charge in [-0.05, 0) is 29.2 Å². The number of alkyl carbamates (subject to hydrolysis) is 1. The Labute approximate surface area is 210 Å². The number of ether oxygens (including phenoxy) is 3. The number of fused-ring (bicyclic) bond motifs is 3. The van der Waals surface area contributed by atoms with Crippen LogP contribution in [-0.2, 0) is 28.6 Å². The van der Waals surface area contributed by atoms with E-state index in [1.165, 1.54) is 12.2 Å². The lowest BCUT2D eigenvalue weighted by molar-refractivity contribution is -0.218. The van der Waals surface area contributed by atoms with Crippen molar-refractivity contribution in [2.24, 2.45) is 0 Å². The highest BCUT2D eigenvalue weighted by Crippen LogP contribution is 2.44. The van der Waals surface area contributed by atoms with Crippen LogP contribution in [0.3, 0.4) is 0 Å². The Kier molecular flexibility index (Phi) is 8.41. The van der Waals surface area contributed by atoms with Crippen molar-refractivity contribution in [2.45, 2.75) is 31.0 Å². The maximum absolute atomic E-state index is 13.9. The number of hydrogen-bond acceptors (Lipinski definition) is 7. The molecule has 2 amide bonds. The van der Waals surface area contributed by atoms with Gasteiger partial charge in [0.25, 0.3) is 0 Å². The van der Waals surface area contributed by atoms with Crippen molar-refractivity contribution in [2.75, 3.05) is 26.9 Å². The van der Waals surface area contributed by atoms with E-state index in [1.807, 2.05) is 48.5 Å². The second-order valence-corrected chi connectivity index (χ2v) is 8.10.